The molecule has 0 aliphatic heterocycles. The fourth-order valence-electron chi connectivity index (χ4n) is 3.78. The minimum absolute atomic E-state index is 0.0164. The number of nitrogens with zero attached hydrogens (tertiary/aromatic N) is 2. The van der Waals surface area contributed by atoms with Crippen LogP contribution in [0.15, 0.2) is 58.3 Å². The van der Waals surface area contributed by atoms with E-state index >= 15 is 0 Å². The third-order valence-electron chi connectivity index (χ3n) is 5.61. The summed E-state index contributed by atoms with van der Waals surface area (Å²) < 4.78 is 41.7. The summed E-state index contributed by atoms with van der Waals surface area (Å²) in [6.45, 7) is -0.490. The normalized spacial score (nSPS) is 19.1. The van der Waals surface area contributed by atoms with Gasteiger partial charge in [0.25, 0.3) is 10.0 Å². The Hall–Kier alpha value is -2.10. The third kappa shape index (κ3) is 5.39. The molecular weight excluding hydrogens is 439 g/mol. The number of sulfonamides is 1. The van der Waals surface area contributed by atoms with E-state index in [1.54, 1.807) is 19.2 Å². The molecule has 2 unspecified atom stereocenters. The lowest BCUT2D eigenvalue weighted by Gasteiger charge is -2.36. The van der Waals surface area contributed by atoms with Gasteiger partial charge >= 0.3 is 0 Å². The number of rotatable bonds is 7. The van der Waals surface area contributed by atoms with Crippen molar-refractivity contribution < 1.29 is 22.7 Å². The standard InChI is InChI=1S/C22H27FN2O4S2/c1-24(20-8-3-4-9-21(20)26)22(27)15-25(17-7-5-6-16(23)14-17)31(28,29)19-12-10-18(30-2)11-13-19/h5-7,10-14,20-21,26H,3-4,8-9,15H2,1-2H3. The van der Waals surface area contributed by atoms with Gasteiger partial charge in [-0.25, -0.2) is 12.8 Å². The van der Waals surface area contributed by atoms with Gasteiger partial charge in [0.2, 0.25) is 5.91 Å². The monoisotopic (exact) mass is 466 g/mol. The van der Waals surface area contributed by atoms with Crippen LogP contribution in [-0.2, 0) is 14.8 Å². The Kier molecular flexibility index (Phi) is 7.61. The predicted octanol–water partition coefficient (Wildman–Crippen LogP) is 3.50. The van der Waals surface area contributed by atoms with Crippen molar-refractivity contribution in [2.45, 2.75) is 47.6 Å². The number of halogens is 1. The Morgan fingerprint density at radius 1 is 1.16 bits per heavy atom. The fourth-order valence-corrected chi connectivity index (χ4v) is 5.60. The highest BCUT2D eigenvalue weighted by Gasteiger charge is 2.33. The van der Waals surface area contributed by atoms with Crippen LogP contribution < -0.4 is 4.31 Å². The summed E-state index contributed by atoms with van der Waals surface area (Å²) in [6.07, 6.45) is 4.31. The van der Waals surface area contributed by atoms with Crippen molar-refractivity contribution in [3.05, 3.63) is 54.3 Å². The molecule has 1 amide bonds. The molecule has 3 rings (SSSR count). The van der Waals surface area contributed by atoms with Crippen LogP contribution >= 0.6 is 11.8 Å². The fraction of sp³-hybridized carbons (Fsp3) is 0.409. The number of hydrogen-bond donors (Lipinski definition) is 1. The summed E-state index contributed by atoms with van der Waals surface area (Å²) in [5.41, 5.74) is 0.0693. The Balaban J connectivity index is 1.93. The third-order valence-corrected chi connectivity index (χ3v) is 8.14. The number of benzene rings is 2. The second kappa shape index (κ2) is 10.0. The van der Waals surface area contributed by atoms with Crippen LogP contribution in [-0.4, -0.2) is 56.3 Å². The zero-order valence-electron chi connectivity index (χ0n) is 17.6. The molecule has 2 aromatic carbocycles. The van der Waals surface area contributed by atoms with Gasteiger partial charge in [0.05, 0.1) is 22.7 Å². The Morgan fingerprint density at radius 3 is 2.45 bits per heavy atom. The molecule has 2 aromatic rings. The molecule has 1 saturated carbocycles. The summed E-state index contributed by atoms with van der Waals surface area (Å²) in [7, 11) is -2.55. The molecule has 0 radical (unpaired) electrons. The smallest absolute Gasteiger partial charge is 0.264 e. The zero-order chi connectivity index (χ0) is 22.6. The first-order valence-electron chi connectivity index (χ1n) is 10.1. The quantitative estimate of drug-likeness (QED) is 0.632. The molecule has 1 aliphatic carbocycles. The first-order valence-corrected chi connectivity index (χ1v) is 12.8. The van der Waals surface area contributed by atoms with E-state index in [2.05, 4.69) is 0 Å². The Morgan fingerprint density at radius 2 is 1.84 bits per heavy atom. The molecule has 9 heteroatoms. The number of aliphatic hydroxyl groups is 1. The van der Waals surface area contributed by atoms with E-state index in [1.807, 2.05) is 6.26 Å². The number of carbonyl (C=O) groups excluding carboxylic acids is 1. The van der Waals surface area contributed by atoms with Gasteiger partial charge in [0, 0.05) is 11.9 Å². The van der Waals surface area contributed by atoms with Gasteiger partial charge in [-0.1, -0.05) is 18.9 Å². The molecule has 1 fully saturated rings. The summed E-state index contributed by atoms with van der Waals surface area (Å²) in [4.78, 5) is 15.4. The first-order chi connectivity index (χ1) is 14.7. The number of carbonyl (C=O) groups is 1. The van der Waals surface area contributed by atoms with Crippen LogP contribution in [0.4, 0.5) is 10.1 Å². The highest BCUT2D eigenvalue weighted by atomic mass is 32.2. The van der Waals surface area contributed by atoms with E-state index in [0.29, 0.717) is 12.8 Å². The van der Waals surface area contributed by atoms with Crippen molar-refractivity contribution >= 4 is 33.4 Å². The van der Waals surface area contributed by atoms with E-state index in [-0.39, 0.29) is 16.6 Å². The van der Waals surface area contributed by atoms with E-state index in [9.17, 15) is 22.7 Å². The largest absolute Gasteiger partial charge is 0.391 e. The molecule has 0 aromatic heterocycles. The van der Waals surface area contributed by atoms with Crippen LogP contribution in [0.5, 0.6) is 0 Å². The number of hydrogen-bond acceptors (Lipinski definition) is 5. The van der Waals surface area contributed by atoms with Gasteiger partial charge in [0.15, 0.2) is 0 Å². The van der Waals surface area contributed by atoms with Crippen molar-refractivity contribution in [1.29, 1.82) is 0 Å². The molecule has 168 valence electrons. The zero-order valence-corrected chi connectivity index (χ0v) is 19.2. The first kappa shape index (κ1) is 23.6. The number of amides is 1. The Labute approximate surface area is 187 Å². The minimum atomic E-state index is -4.12. The molecule has 2 atom stereocenters. The topological polar surface area (TPSA) is 77.9 Å². The average Bonchev–Trinajstić information content (AvgIpc) is 2.77. The van der Waals surface area contributed by atoms with Crippen LogP contribution in [0, 0.1) is 5.82 Å². The van der Waals surface area contributed by atoms with Gasteiger partial charge < -0.3 is 10.0 Å². The second-order valence-corrected chi connectivity index (χ2v) is 10.3. The van der Waals surface area contributed by atoms with E-state index in [4.69, 9.17) is 0 Å². The number of likely N-dealkylation sites (N-methyl/N-ethyl adjacent to an activating group) is 1. The van der Waals surface area contributed by atoms with Gasteiger partial charge in [-0.3, -0.25) is 9.10 Å². The van der Waals surface area contributed by atoms with Gasteiger partial charge in [-0.2, -0.15) is 0 Å². The number of anilines is 1. The summed E-state index contributed by atoms with van der Waals surface area (Å²) >= 11 is 1.48. The van der Waals surface area contributed by atoms with Crippen LogP contribution in [0.1, 0.15) is 25.7 Å². The summed E-state index contributed by atoms with van der Waals surface area (Å²) in [6, 6.07) is 11.1. The van der Waals surface area contributed by atoms with Gasteiger partial charge in [-0.15, -0.1) is 11.8 Å². The van der Waals surface area contributed by atoms with Crippen LogP contribution in [0.25, 0.3) is 0 Å². The van der Waals surface area contributed by atoms with E-state index < -0.39 is 34.4 Å². The molecule has 0 bridgehead atoms. The molecule has 1 aliphatic rings. The van der Waals surface area contributed by atoms with Crippen molar-refractivity contribution in [3.8, 4) is 0 Å². The lowest BCUT2D eigenvalue weighted by molar-refractivity contribution is -0.133. The average molecular weight is 467 g/mol. The highest BCUT2D eigenvalue weighted by Crippen LogP contribution is 2.27. The van der Waals surface area contributed by atoms with Crippen LogP contribution in [0.3, 0.4) is 0 Å². The van der Waals surface area contributed by atoms with Crippen molar-refractivity contribution in [1.82, 2.24) is 4.90 Å². The molecule has 1 N–H and O–H groups in total. The molecule has 6 nitrogen and oxygen atoms in total. The molecular formula is C22H27FN2O4S2. The lowest BCUT2D eigenvalue weighted by Crippen LogP contribution is -2.50. The SMILES string of the molecule is CSc1ccc(S(=O)(=O)N(CC(=O)N(C)C2CCCCC2O)c2cccc(F)c2)cc1. The van der Waals surface area contributed by atoms with Crippen molar-refractivity contribution in [2.75, 3.05) is 24.2 Å². The minimum Gasteiger partial charge on any atom is -0.391 e. The second-order valence-electron chi connectivity index (χ2n) is 7.59. The van der Waals surface area contributed by atoms with Gasteiger partial charge in [0.1, 0.15) is 12.4 Å². The van der Waals surface area contributed by atoms with Crippen molar-refractivity contribution in [2.24, 2.45) is 0 Å². The van der Waals surface area contributed by atoms with E-state index in [1.165, 1.54) is 47.0 Å². The maximum absolute atomic E-state index is 13.9. The van der Waals surface area contributed by atoms with Crippen molar-refractivity contribution in [3.63, 3.8) is 0 Å². The molecule has 0 spiro atoms. The lowest BCUT2D eigenvalue weighted by atomic mass is 9.91. The molecule has 0 saturated heterocycles. The van der Waals surface area contributed by atoms with Gasteiger partial charge in [-0.05, 0) is 61.6 Å². The number of aliphatic hydroxyl groups excluding tert-OH is 1. The number of thioether (sulfide) groups is 1. The molecule has 31 heavy (non-hydrogen) atoms. The Bertz CT molecular complexity index is 1010. The molecule has 0 heterocycles. The maximum atomic E-state index is 13.9. The summed E-state index contributed by atoms with van der Waals surface area (Å²) in [5.74, 6) is -1.06. The van der Waals surface area contributed by atoms with Crippen LogP contribution in [0.2, 0.25) is 0 Å². The summed E-state index contributed by atoms with van der Waals surface area (Å²) in [5, 5.41) is 10.3. The predicted molar refractivity (Wildman–Crippen MR) is 120 cm³/mol. The highest BCUT2D eigenvalue weighted by molar-refractivity contribution is 7.98. The van der Waals surface area contributed by atoms with E-state index in [0.717, 1.165) is 28.1 Å². The maximum Gasteiger partial charge on any atom is 0.264 e.